The van der Waals surface area contributed by atoms with Gasteiger partial charge in [-0.25, -0.2) is 0 Å². The zero-order valence-electron chi connectivity index (χ0n) is 10.5. The third kappa shape index (κ3) is 3.11. The van der Waals surface area contributed by atoms with Crippen molar-refractivity contribution in [1.82, 2.24) is 9.78 Å². The molecule has 2 rings (SSSR count). The van der Waals surface area contributed by atoms with Gasteiger partial charge < -0.3 is 10.1 Å². The fourth-order valence-electron chi connectivity index (χ4n) is 2.02. The molecular formula is C13H17N3O2. The van der Waals surface area contributed by atoms with Gasteiger partial charge in [0.1, 0.15) is 11.5 Å². The van der Waals surface area contributed by atoms with E-state index in [4.69, 9.17) is 11.2 Å². The minimum Gasteiger partial charge on any atom is -0.378 e. The predicted molar refractivity (Wildman–Crippen MR) is 68.0 cm³/mol. The zero-order chi connectivity index (χ0) is 13.0. The largest absolute Gasteiger partial charge is 0.378 e. The normalized spacial score (nSPS) is 18.6. The fourth-order valence-corrected chi connectivity index (χ4v) is 2.02. The van der Waals surface area contributed by atoms with Crippen molar-refractivity contribution in [3.8, 4) is 12.3 Å². The van der Waals surface area contributed by atoms with Crippen molar-refractivity contribution in [3.63, 3.8) is 0 Å². The maximum Gasteiger partial charge on any atom is 0.225 e. The van der Waals surface area contributed by atoms with E-state index in [1.54, 1.807) is 17.8 Å². The minimum atomic E-state index is -0.0305. The van der Waals surface area contributed by atoms with E-state index in [9.17, 15) is 4.79 Å². The first kappa shape index (κ1) is 12.7. The van der Waals surface area contributed by atoms with Gasteiger partial charge in [-0.1, -0.05) is 0 Å². The Morgan fingerprint density at radius 3 is 3.22 bits per heavy atom. The topological polar surface area (TPSA) is 56.1 Å². The molecule has 0 saturated carbocycles. The van der Waals surface area contributed by atoms with Crippen LogP contribution in [0.2, 0.25) is 0 Å². The van der Waals surface area contributed by atoms with Crippen LogP contribution >= 0.6 is 0 Å². The number of hydrogen-bond donors (Lipinski definition) is 1. The van der Waals surface area contributed by atoms with Crippen molar-refractivity contribution in [1.29, 1.82) is 0 Å². The van der Waals surface area contributed by atoms with Crippen molar-refractivity contribution in [2.24, 2.45) is 7.05 Å². The van der Waals surface area contributed by atoms with Gasteiger partial charge in [-0.3, -0.25) is 9.48 Å². The fraction of sp³-hybridized carbons (Fsp3) is 0.538. The standard InChI is InChI=1S/C13H17N3O2/c1-3-10-9-12(16(2)15-10)14-13(17)7-6-11-5-4-8-18-11/h1,9,11H,4-8H2,2H3,(H,14,17). The molecule has 0 spiro atoms. The van der Waals surface area contributed by atoms with Crippen LogP contribution in [0.4, 0.5) is 5.82 Å². The molecule has 5 nitrogen and oxygen atoms in total. The molecule has 1 aliphatic heterocycles. The molecule has 0 aliphatic carbocycles. The predicted octanol–water partition coefficient (Wildman–Crippen LogP) is 1.30. The quantitative estimate of drug-likeness (QED) is 0.816. The van der Waals surface area contributed by atoms with E-state index >= 15 is 0 Å². The molecule has 0 radical (unpaired) electrons. The number of nitrogens with one attached hydrogen (secondary N) is 1. The zero-order valence-corrected chi connectivity index (χ0v) is 10.5. The first-order valence-electron chi connectivity index (χ1n) is 6.11. The van der Waals surface area contributed by atoms with E-state index in [2.05, 4.69) is 16.3 Å². The van der Waals surface area contributed by atoms with Gasteiger partial charge in [-0.2, -0.15) is 5.10 Å². The molecule has 1 unspecified atom stereocenters. The second kappa shape index (κ2) is 5.69. The number of hydrogen-bond acceptors (Lipinski definition) is 3. The van der Waals surface area contributed by atoms with Crippen LogP contribution in [0.3, 0.4) is 0 Å². The Balaban J connectivity index is 1.82. The Hall–Kier alpha value is -1.80. The number of aryl methyl sites for hydroxylation is 1. The van der Waals surface area contributed by atoms with Crippen LogP contribution in [0.5, 0.6) is 0 Å². The van der Waals surface area contributed by atoms with Crippen LogP contribution in [0, 0.1) is 12.3 Å². The summed E-state index contributed by atoms with van der Waals surface area (Å²) in [4.78, 5) is 11.8. The smallest absolute Gasteiger partial charge is 0.225 e. The Kier molecular flexibility index (Phi) is 4.00. The number of terminal acetylenes is 1. The van der Waals surface area contributed by atoms with Crippen LogP contribution in [0.15, 0.2) is 6.07 Å². The number of carbonyl (C=O) groups is 1. The summed E-state index contributed by atoms with van der Waals surface area (Å²) in [5.74, 6) is 3.03. The number of nitrogens with zero attached hydrogens (tertiary/aromatic N) is 2. The average Bonchev–Trinajstić information content (AvgIpc) is 2.97. The van der Waals surface area contributed by atoms with Crippen LogP contribution in [0.1, 0.15) is 31.4 Å². The highest BCUT2D eigenvalue weighted by atomic mass is 16.5. The summed E-state index contributed by atoms with van der Waals surface area (Å²) < 4.78 is 7.04. The monoisotopic (exact) mass is 247 g/mol. The first-order valence-corrected chi connectivity index (χ1v) is 6.11. The van der Waals surface area contributed by atoms with E-state index < -0.39 is 0 Å². The second-order valence-electron chi connectivity index (χ2n) is 4.40. The van der Waals surface area contributed by atoms with Crippen LogP contribution in [-0.4, -0.2) is 28.4 Å². The lowest BCUT2D eigenvalue weighted by atomic mass is 10.1. The molecule has 1 aromatic rings. The Bertz CT molecular complexity index is 467. The molecule has 0 aromatic carbocycles. The lowest BCUT2D eigenvalue weighted by molar-refractivity contribution is -0.116. The van der Waals surface area contributed by atoms with Gasteiger partial charge in [0.2, 0.25) is 5.91 Å². The van der Waals surface area contributed by atoms with Gasteiger partial charge in [0.05, 0.1) is 6.10 Å². The van der Waals surface area contributed by atoms with Gasteiger partial charge in [0.15, 0.2) is 0 Å². The third-order valence-electron chi connectivity index (χ3n) is 3.01. The number of anilines is 1. The molecule has 1 aromatic heterocycles. The van der Waals surface area contributed by atoms with Gasteiger partial charge in [0.25, 0.3) is 0 Å². The summed E-state index contributed by atoms with van der Waals surface area (Å²) in [7, 11) is 1.75. The molecule has 5 heteroatoms. The van der Waals surface area contributed by atoms with E-state index in [1.807, 2.05) is 0 Å². The number of ether oxygens (including phenoxy) is 1. The average molecular weight is 247 g/mol. The summed E-state index contributed by atoms with van der Waals surface area (Å²) in [5.41, 5.74) is 0.520. The summed E-state index contributed by atoms with van der Waals surface area (Å²) >= 11 is 0. The summed E-state index contributed by atoms with van der Waals surface area (Å²) in [5, 5.41) is 6.86. The highest BCUT2D eigenvalue weighted by Crippen LogP contribution is 2.17. The highest BCUT2D eigenvalue weighted by molar-refractivity contribution is 5.89. The van der Waals surface area contributed by atoms with E-state index in [0.29, 0.717) is 17.9 Å². The molecule has 1 amide bonds. The van der Waals surface area contributed by atoms with Crippen molar-refractivity contribution in [2.75, 3.05) is 11.9 Å². The van der Waals surface area contributed by atoms with Crippen molar-refractivity contribution in [2.45, 2.75) is 31.8 Å². The van der Waals surface area contributed by atoms with E-state index in [-0.39, 0.29) is 12.0 Å². The summed E-state index contributed by atoms with van der Waals surface area (Å²) in [6, 6.07) is 1.68. The van der Waals surface area contributed by atoms with E-state index in [0.717, 1.165) is 25.9 Å². The highest BCUT2D eigenvalue weighted by Gasteiger charge is 2.17. The number of aromatic nitrogens is 2. The molecule has 1 saturated heterocycles. The number of rotatable bonds is 4. The van der Waals surface area contributed by atoms with Gasteiger partial charge >= 0.3 is 0 Å². The van der Waals surface area contributed by atoms with Gasteiger partial charge in [0, 0.05) is 26.1 Å². The van der Waals surface area contributed by atoms with Crippen molar-refractivity contribution in [3.05, 3.63) is 11.8 Å². The molecule has 0 bridgehead atoms. The second-order valence-corrected chi connectivity index (χ2v) is 4.40. The minimum absolute atomic E-state index is 0.0305. The Morgan fingerprint density at radius 2 is 2.61 bits per heavy atom. The van der Waals surface area contributed by atoms with Crippen molar-refractivity contribution >= 4 is 11.7 Å². The van der Waals surface area contributed by atoms with Gasteiger partial charge in [-0.15, -0.1) is 6.42 Å². The number of carbonyl (C=O) groups excluding carboxylic acids is 1. The molecule has 2 heterocycles. The molecular weight excluding hydrogens is 230 g/mol. The molecule has 96 valence electrons. The van der Waals surface area contributed by atoms with Crippen LogP contribution < -0.4 is 5.32 Å². The van der Waals surface area contributed by atoms with Crippen LogP contribution in [0.25, 0.3) is 0 Å². The Labute approximate surface area is 107 Å². The van der Waals surface area contributed by atoms with Crippen LogP contribution in [-0.2, 0) is 16.6 Å². The van der Waals surface area contributed by atoms with Gasteiger partial charge in [-0.05, 0) is 25.2 Å². The molecule has 1 atom stereocenters. The molecule has 18 heavy (non-hydrogen) atoms. The van der Waals surface area contributed by atoms with Crippen molar-refractivity contribution < 1.29 is 9.53 Å². The SMILES string of the molecule is C#Cc1cc(NC(=O)CCC2CCCO2)n(C)n1. The van der Waals surface area contributed by atoms with E-state index in [1.165, 1.54) is 0 Å². The summed E-state index contributed by atoms with van der Waals surface area (Å²) in [6.45, 7) is 0.819. The summed E-state index contributed by atoms with van der Waals surface area (Å²) in [6.07, 6.45) is 8.87. The lowest BCUT2D eigenvalue weighted by Crippen LogP contribution is -2.16. The molecule has 1 aliphatic rings. The lowest BCUT2D eigenvalue weighted by Gasteiger charge is -2.09. The molecule has 1 fully saturated rings. The number of amides is 1. The maximum absolute atomic E-state index is 11.8. The third-order valence-corrected chi connectivity index (χ3v) is 3.01. The Morgan fingerprint density at radius 1 is 1.78 bits per heavy atom. The maximum atomic E-state index is 11.8. The first-order chi connectivity index (χ1) is 8.69. The molecule has 1 N–H and O–H groups in total.